The van der Waals surface area contributed by atoms with Crippen molar-refractivity contribution in [2.24, 2.45) is 0 Å². The summed E-state index contributed by atoms with van der Waals surface area (Å²) in [6.07, 6.45) is 1.31. The smallest absolute Gasteiger partial charge is 0.245 e. The van der Waals surface area contributed by atoms with Gasteiger partial charge in [-0.05, 0) is 19.1 Å². The zero-order valence-electron chi connectivity index (χ0n) is 9.77. The number of hydrogen-bond donors (Lipinski definition) is 0. The van der Waals surface area contributed by atoms with E-state index in [1.165, 1.54) is 6.08 Å². The normalized spacial score (nSPS) is 9.62. The standard InChI is InChI=1S/C13H17NO2/c1-4-13(15)14(3)10-11-8-6-7-9-12(11)16-5-2/h4,6-9H,1,5,10H2,2-3H3. The van der Waals surface area contributed by atoms with E-state index in [1.54, 1.807) is 11.9 Å². The molecule has 0 radical (unpaired) electrons. The van der Waals surface area contributed by atoms with Crippen molar-refractivity contribution in [2.75, 3.05) is 13.7 Å². The van der Waals surface area contributed by atoms with Crippen LogP contribution in [0.15, 0.2) is 36.9 Å². The maximum atomic E-state index is 11.4. The maximum absolute atomic E-state index is 11.4. The van der Waals surface area contributed by atoms with Gasteiger partial charge in [-0.25, -0.2) is 0 Å². The molecule has 0 spiro atoms. The lowest BCUT2D eigenvalue weighted by atomic mass is 10.2. The van der Waals surface area contributed by atoms with Gasteiger partial charge in [0.1, 0.15) is 5.75 Å². The van der Waals surface area contributed by atoms with Gasteiger partial charge in [0.25, 0.3) is 0 Å². The molecule has 0 N–H and O–H groups in total. The van der Waals surface area contributed by atoms with Crippen LogP contribution in [0.1, 0.15) is 12.5 Å². The number of ether oxygens (including phenoxy) is 1. The van der Waals surface area contributed by atoms with Crippen molar-refractivity contribution in [3.8, 4) is 5.75 Å². The predicted molar refractivity (Wildman–Crippen MR) is 64.3 cm³/mol. The summed E-state index contributed by atoms with van der Waals surface area (Å²) in [6, 6.07) is 7.72. The molecular weight excluding hydrogens is 202 g/mol. The summed E-state index contributed by atoms with van der Waals surface area (Å²) in [4.78, 5) is 13.0. The zero-order chi connectivity index (χ0) is 12.0. The van der Waals surface area contributed by atoms with E-state index in [1.807, 2.05) is 31.2 Å². The summed E-state index contributed by atoms with van der Waals surface area (Å²) >= 11 is 0. The van der Waals surface area contributed by atoms with Gasteiger partial charge in [0.05, 0.1) is 6.61 Å². The Morgan fingerprint density at radius 3 is 2.81 bits per heavy atom. The Hall–Kier alpha value is -1.77. The zero-order valence-corrected chi connectivity index (χ0v) is 9.77. The predicted octanol–water partition coefficient (Wildman–Crippen LogP) is 2.23. The van der Waals surface area contributed by atoms with Gasteiger partial charge < -0.3 is 9.64 Å². The number of amides is 1. The Kier molecular flexibility index (Phi) is 4.58. The number of benzene rings is 1. The van der Waals surface area contributed by atoms with Crippen molar-refractivity contribution < 1.29 is 9.53 Å². The van der Waals surface area contributed by atoms with Crippen molar-refractivity contribution in [2.45, 2.75) is 13.5 Å². The third-order valence-electron chi connectivity index (χ3n) is 2.23. The molecule has 3 heteroatoms. The van der Waals surface area contributed by atoms with E-state index in [0.29, 0.717) is 13.2 Å². The molecule has 0 aliphatic heterocycles. The first-order chi connectivity index (χ1) is 7.69. The molecule has 0 heterocycles. The third kappa shape index (κ3) is 3.12. The number of nitrogens with zero attached hydrogens (tertiary/aromatic N) is 1. The molecule has 0 saturated heterocycles. The summed E-state index contributed by atoms with van der Waals surface area (Å²) in [7, 11) is 1.74. The van der Waals surface area contributed by atoms with Crippen molar-refractivity contribution in [1.29, 1.82) is 0 Å². The Morgan fingerprint density at radius 1 is 1.50 bits per heavy atom. The van der Waals surface area contributed by atoms with Crippen LogP contribution in [-0.4, -0.2) is 24.5 Å². The van der Waals surface area contributed by atoms with Crippen LogP contribution in [0.2, 0.25) is 0 Å². The Balaban J connectivity index is 2.79. The minimum Gasteiger partial charge on any atom is -0.494 e. The highest BCUT2D eigenvalue weighted by molar-refractivity contribution is 5.86. The fourth-order valence-corrected chi connectivity index (χ4v) is 1.42. The summed E-state index contributed by atoms with van der Waals surface area (Å²) < 4.78 is 5.49. The fraction of sp³-hybridized carbons (Fsp3) is 0.308. The van der Waals surface area contributed by atoms with E-state index in [0.717, 1.165) is 11.3 Å². The van der Waals surface area contributed by atoms with Crippen LogP contribution < -0.4 is 4.74 Å². The van der Waals surface area contributed by atoms with Crippen molar-refractivity contribution in [1.82, 2.24) is 4.90 Å². The number of carbonyl (C=O) groups excluding carboxylic acids is 1. The van der Waals surface area contributed by atoms with Gasteiger partial charge in [-0.15, -0.1) is 0 Å². The molecule has 0 saturated carbocycles. The monoisotopic (exact) mass is 219 g/mol. The van der Waals surface area contributed by atoms with Gasteiger partial charge >= 0.3 is 0 Å². The second-order valence-electron chi connectivity index (χ2n) is 3.44. The van der Waals surface area contributed by atoms with Gasteiger partial charge in [0.2, 0.25) is 5.91 Å². The topological polar surface area (TPSA) is 29.5 Å². The minimum atomic E-state index is -0.0914. The second kappa shape index (κ2) is 5.95. The van der Waals surface area contributed by atoms with Crippen LogP contribution in [-0.2, 0) is 11.3 Å². The summed E-state index contributed by atoms with van der Waals surface area (Å²) in [6.45, 7) is 6.55. The summed E-state index contributed by atoms with van der Waals surface area (Å²) in [5, 5.41) is 0. The molecule has 0 bridgehead atoms. The van der Waals surface area contributed by atoms with Gasteiger partial charge in [-0.2, -0.15) is 0 Å². The SMILES string of the molecule is C=CC(=O)N(C)Cc1ccccc1OCC. The van der Waals surface area contributed by atoms with E-state index < -0.39 is 0 Å². The number of para-hydroxylation sites is 1. The van der Waals surface area contributed by atoms with E-state index >= 15 is 0 Å². The average molecular weight is 219 g/mol. The lowest BCUT2D eigenvalue weighted by molar-refractivity contribution is -0.125. The van der Waals surface area contributed by atoms with Crippen LogP contribution in [0.25, 0.3) is 0 Å². The largest absolute Gasteiger partial charge is 0.494 e. The van der Waals surface area contributed by atoms with Gasteiger partial charge in [-0.1, -0.05) is 24.8 Å². The van der Waals surface area contributed by atoms with Crippen molar-refractivity contribution in [3.63, 3.8) is 0 Å². The van der Waals surface area contributed by atoms with Crippen LogP contribution >= 0.6 is 0 Å². The quantitative estimate of drug-likeness (QED) is 0.711. The molecule has 0 aliphatic rings. The summed E-state index contributed by atoms with van der Waals surface area (Å²) in [5.41, 5.74) is 1.00. The first kappa shape index (κ1) is 12.3. The molecule has 1 amide bonds. The number of hydrogen-bond acceptors (Lipinski definition) is 2. The maximum Gasteiger partial charge on any atom is 0.245 e. The summed E-state index contributed by atoms with van der Waals surface area (Å²) in [5.74, 6) is 0.736. The van der Waals surface area contributed by atoms with E-state index in [4.69, 9.17) is 4.74 Å². The van der Waals surface area contributed by atoms with E-state index in [2.05, 4.69) is 6.58 Å². The fourth-order valence-electron chi connectivity index (χ4n) is 1.42. The van der Waals surface area contributed by atoms with E-state index in [9.17, 15) is 4.79 Å². The van der Waals surface area contributed by atoms with Gasteiger partial charge in [0.15, 0.2) is 0 Å². The molecule has 0 fully saturated rings. The molecule has 3 nitrogen and oxygen atoms in total. The number of likely N-dealkylation sites (N-methyl/N-ethyl adjacent to an activating group) is 1. The molecule has 0 aliphatic carbocycles. The lowest BCUT2D eigenvalue weighted by Crippen LogP contribution is -2.24. The Morgan fingerprint density at radius 2 is 2.19 bits per heavy atom. The second-order valence-corrected chi connectivity index (χ2v) is 3.44. The Labute approximate surface area is 96.3 Å². The van der Waals surface area contributed by atoms with Crippen molar-refractivity contribution >= 4 is 5.91 Å². The molecular formula is C13H17NO2. The Bertz CT molecular complexity index is 374. The molecule has 0 aromatic heterocycles. The van der Waals surface area contributed by atoms with Crippen LogP contribution in [0.3, 0.4) is 0 Å². The molecule has 16 heavy (non-hydrogen) atoms. The molecule has 86 valence electrons. The average Bonchev–Trinajstić information content (AvgIpc) is 2.31. The minimum absolute atomic E-state index is 0.0914. The highest BCUT2D eigenvalue weighted by atomic mass is 16.5. The first-order valence-electron chi connectivity index (χ1n) is 5.27. The van der Waals surface area contributed by atoms with Gasteiger partial charge in [0, 0.05) is 19.2 Å². The van der Waals surface area contributed by atoms with Crippen LogP contribution in [0.4, 0.5) is 0 Å². The highest BCUT2D eigenvalue weighted by Crippen LogP contribution is 2.19. The molecule has 1 aromatic rings. The molecule has 0 atom stereocenters. The van der Waals surface area contributed by atoms with E-state index in [-0.39, 0.29) is 5.91 Å². The third-order valence-corrected chi connectivity index (χ3v) is 2.23. The highest BCUT2D eigenvalue weighted by Gasteiger charge is 2.08. The molecule has 1 aromatic carbocycles. The number of carbonyl (C=O) groups is 1. The number of rotatable bonds is 5. The van der Waals surface area contributed by atoms with Gasteiger partial charge in [-0.3, -0.25) is 4.79 Å². The molecule has 1 rings (SSSR count). The lowest BCUT2D eigenvalue weighted by Gasteiger charge is -2.17. The van der Waals surface area contributed by atoms with Crippen molar-refractivity contribution in [3.05, 3.63) is 42.5 Å². The first-order valence-corrected chi connectivity index (χ1v) is 5.27. The van der Waals surface area contributed by atoms with Crippen LogP contribution in [0.5, 0.6) is 5.75 Å². The van der Waals surface area contributed by atoms with Crippen LogP contribution in [0, 0.1) is 0 Å². The molecule has 0 unspecified atom stereocenters.